The number of thioether (sulfide) groups is 1. The highest BCUT2D eigenvalue weighted by Crippen LogP contribution is 2.29. The molecule has 0 saturated carbocycles. The predicted molar refractivity (Wildman–Crippen MR) is 90.9 cm³/mol. The zero-order chi connectivity index (χ0) is 18.1. The lowest BCUT2D eigenvalue weighted by molar-refractivity contribution is 0.141. The summed E-state index contributed by atoms with van der Waals surface area (Å²) in [4.78, 5) is 18.0. The molecule has 1 aromatic carbocycles. The van der Waals surface area contributed by atoms with Crippen molar-refractivity contribution in [3.63, 3.8) is 0 Å². The molecule has 0 aliphatic carbocycles. The Balaban J connectivity index is 2.33. The van der Waals surface area contributed by atoms with Crippen molar-refractivity contribution in [1.82, 2.24) is 4.90 Å². The molecule has 7 heteroatoms. The highest BCUT2D eigenvalue weighted by molar-refractivity contribution is 8.14. The Bertz CT molecular complexity index is 671. The third-order valence-corrected chi connectivity index (χ3v) is 4.86. The Kier molecular flexibility index (Phi) is 5.63. The Morgan fingerprint density at radius 1 is 1.21 bits per heavy atom. The maximum absolute atomic E-state index is 14.0. The average molecular weight is 358 g/mol. The molecule has 1 aromatic rings. The largest absolute Gasteiger partial charge is 0.344 e. The molecule has 1 atom stereocenters. The molecule has 132 valence electrons. The van der Waals surface area contributed by atoms with E-state index in [4.69, 9.17) is 0 Å². The molecule has 1 aliphatic heterocycles. The second-order valence-corrected chi connectivity index (χ2v) is 7.99. The number of carbonyl (C=O) groups is 1. The second kappa shape index (κ2) is 7.17. The molecule has 24 heavy (non-hydrogen) atoms. The smallest absolute Gasteiger partial charge is 0.317 e. The highest BCUT2D eigenvalue weighted by atomic mass is 32.2. The van der Waals surface area contributed by atoms with Crippen molar-refractivity contribution in [3.05, 3.63) is 35.1 Å². The molecule has 3 nitrogen and oxygen atoms in total. The van der Waals surface area contributed by atoms with Crippen molar-refractivity contribution in [1.29, 1.82) is 0 Å². The normalized spacial score (nSPS) is 18.8. The van der Waals surface area contributed by atoms with E-state index in [0.717, 1.165) is 11.8 Å². The first-order valence-corrected chi connectivity index (χ1v) is 8.78. The summed E-state index contributed by atoms with van der Waals surface area (Å²) in [6.07, 6.45) is 0.161. The Morgan fingerprint density at radius 3 is 2.42 bits per heavy atom. The summed E-state index contributed by atoms with van der Waals surface area (Å²) >= 11 is 1.42. The number of halogens is 3. The van der Waals surface area contributed by atoms with Crippen LogP contribution in [0.4, 0.5) is 18.0 Å². The van der Waals surface area contributed by atoms with E-state index in [9.17, 15) is 18.0 Å². The lowest BCUT2D eigenvalue weighted by Gasteiger charge is -2.40. The van der Waals surface area contributed by atoms with E-state index in [1.165, 1.54) is 11.8 Å². The van der Waals surface area contributed by atoms with Gasteiger partial charge in [-0.3, -0.25) is 0 Å². The number of benzene rings is 1. The van der Waals surface area contributed by atoms with Gasteiger partial charge in [-0.05, 0) is 44.6 Å². The lowest BCUT2D eigenvalue weighted by Crippen LogP contribution is -2.51. The SMILES string of the molecule is CCSC1=NC(=O)N(C(C)(C)C)CC1Cc1cc(F)c(F)cc1F. The topological polar surface area (TPSA) is 32.7 Å². The third kappa shape index (κ3) is 4.12. The molecule has 1 heterocycles. The number of aliphatic imine (C=N–C) groups is 1. The van der Waals surface area contributed by atoms with Gasteiger partial charge in [0.2, 0.25) is 0 Å². The molecular weight excluding hydrogens is 337 g/mol. The number of rotatable bonds is 3. The third-order valence-electron chi connectivity index (χ3n) is 3.85. The first kappa shape index (κ1) is 18.8. The number of carbonyl (C=O) groups excluding carboxylic acids is 1. The monoisotopic (exact) mass is 358 g/mol. The summed E-state index contributed by atoms with van der Waals surface area (Å²) in [5.74, 6) is -2.59. The standard InChI is InChI=1S/C17H21F3N2OS/c1-5-24-15-11(9-22(16(23)21-15)17(2,3)4)6-10-7-13(19)14(20)8-12(10)18/h7-8,11H,5-6,9H2,1-4H3. The van der Waals surface area contributed by atoms with Crippen molar-refractivity contribution in [2.24, 2.45) is 10.9 Å². The second-order valence-electron chi connectivity index (χ2n) is 6.71. The number of urea groups is 1. The van der Waals surface area contributed by atoms with Crippen LogP contribution in [0, 0.1) is 23.4 Å². The van der Waals surface area contributed by atoms with Crippen LogP contribution in [0.5, 0.6) is 0 Å². The molecule has 2 amide bonds. The Hall–Kier alpha value is -1.50. The van der Waals surface area contributed by atoms with Crippen LogP contribution in [0.1, 0.15) is 33.3 Å². The van der Waals surface area contributed by atoms with E-state index in [1.807, 2.05) is 27.7 Å². The fraction of sp³-hybridized carbons (Fsp3) is 0.529. The molecule has 0 fully saturated rings. The van der Waals surface area contributed by atoms with Gasteiger partial charge in [0.15, 0.2) is 11.6 Å². The van der Waals surface area contributed by atoms with Crippen LogP contribution in [0.3, 0.4) is 0 Å². The molecular formula is C17H21F3N2OS. The van der Waals surface area contributed by atoms with Gasteiger partial charge in [-0.1, -0.05) is 6.92 Å². The van der Waals surface area contributed by atoms with Crippen molar-refractivity contribution in [2.45, 2.75) is 39.7 Å². The van der Waals surface area contributed by atoms with Crippen molar-refractivity contribution >= 4 is 22.8 Å². The van der Waals surface area contributed by atoms with Gasteiger partial charge in [0.05, 0.1) is 5.04 Å². The molecule has 0 bridgehead atoms. The predicted octanol–water partition coefficient (Wildman–Crippen LogP) is 4.65. The number of nitrogens with zero attached hydrogens (tertiary/aromatic N) is 2. The van der Waals surface area contributed by atoms with Gasteiger partial charge in [-0.25, -0.2) is 18.0 Å². The summed E-state index contributed by atoms with van der Waals surface area (Å²) < 4.78 is 40.5. The first-order valence-electron chi connectivity index (χ1n) is 7.80. The molecule has 0 spiro atoms. The van der Waals surface area contributed by atoms with Gasteiger partial charge in [0.1, 0.15) is 5.82 Å². The molecule has 0 N–H and O–H groups in total. The zero-order valence-electron chi connectivity index (χ0n) is 14.2. The molecule has 1 unspecified atom stereocenters. The summed E-state index contributed by atoms with van der Waals surface area (Å²) in [6.45, 7) is 7.99. The summed E-state index contributed by atoms with van der Waals surface area (Å²) in [7, 11) is 0. The summed E-state index contributed by atoms with van der Waals surface area (Å²) in [6, 6.07) is 1.13. The molecule has 0 aromatic heterocycles. The van der Waals surface area contributed by atoms with E-state index >= 15 is 0 Å². The minimum Gasteiger partial charge on any atom is -0.317 e. The van der Waals surface area contributed by atoms with E-state index in [2.05, 4.69) is 4.99 Å². The van der Waals surface area contributed by atoms with Crippen molar-refractivity contribution in [3.8, 4) is 0 Å². The summed E-state index contributed by atoms with van der Waals surface area (Å²) in [5.41, 5.74) is -0.333. The van der Waals surface area contributed by atoms with Crippen LogP contribution in [0.25, 0.3) is 0 Å². The molecule has 2 rings (SSSR count). The van der Waals surface area contributed by atoms with Crippen LogP contribution in [0.2, 0.25) is 0 Å². The van der Waals surface area contributed by atoms with Gasteiger partial charge in [0, 0.05) is 24.1 Å². The van der Waals surface area contributed by atoms with Gasteiger partial charge < -0.3 is 4.90 Å². The Morgan fingerprint density at radius 2 is 1.83 bits per heavy atom. The molecule has 0 radical (unpaired) electrons. The highest BCUT2D eigenvalue weighted by Gasteiger charge is 2.35. The molecule has 1 aliphatic rings. The van der Waals surface area contributed by atoms with Crippen LogP contribution >= 0.6 is 11.8 Å². The van der Waals surface area contributed by atoms with Gasteiger partial charge in [-0.15, -0.1) is 11.8 Å². The first-order chi connectivity index (χ1) is 11.1. The van der Waals surface area contributed by atoms with Gasteiger partial charge in [-0.2, -0.15) is 4.99 Å². The van der Waals surface area contributed by atoms with Crippen molar-refractivity contribution in [2.75, 3.05) is 12.3 Å². The van der Waals surface area contributed by atoms with Crippen LogP contribution in [0.15, 0.2) is 17.1 Å². The van der Waals surface area contributed by atoms with E-state index in [1.54, 1.807) is 4.90 Å². The van der Waals surface area contributed by atoms with Crippen LogP contribution < -0.4 is 0 Å². The minimum atomic E-state index is -1.21. The average Bonchev–Trinajstić information content (AvgIpc) is 2.46. The number of hydrogen-bond acceptors (Lipinski definition) is 2. The maximum Gasteiger partial charge on any atom is 0.344 e. The number of amides is 2. The summed E-state index contributed by atoms with van der Waals surface area (Å²) in [5, 5.41) is 0.618. The lowest BCUT2D eigenvalue weighted by atomic mass is 9.95. The zero-order valence-corrected chi connectivity index (χ0v) is 15.0. The molecule has 0 saturated heterocycles. The van der Waals surface area contributed by atoms with Gasteiger partial charge in [0.25, 0.3) is 0 Å². The van der Waals surface area contributed by atoms with E-state index < -0.39 is 23.0 Å². The van der Waals surface area contributed by atoms with Crippen LogP contribution in [-0.2, 0) is 6.42 Å². The minimum absolute atomic E-state index is 0.0894. The quantitative estimate of drug-likeness (QED) is 0.737. The van der Waals surface area contributed by atoms with E-state index in [0.29, 0.717) is 17.7 Å². The fourth-order valence-corrected chi connectivity index (χ4v) is 3.45. The number of hydrogen-bond donors (Lipinski definition) is 0. The van der Waals surface area contributed by atoms with Gasteiger partial charge >= 0.3 is 6.03 Å². The van der Waals surface area contributed by atoms with Crippen molar-refractivity contribution < 1.29 is 18.0 Å². The maximum atomic E-state index is 14.0. The fourth-order valence-electron chi connectivity index (χ4n) is 2.62. The van der Waals surface area contributed by atoms with E-state index in [-0.39, 0.29) is 23.9 Å². The van der Waals surface area contributed by atoms with Crippen LogP contribution in [-0.4, -0.2) is 33.8 Å². The Labute approximate surface area is 144 Å².